The molecule has 128 valence electrons. The zero-order valence-electron chi connectivity index (χ0n) is 14.5. The van der Waals surface area contributed by atoms with Crippen LogP contribution in [0.4, 0.5) is 0 Å². The number of benzene rings is 1. The average Bonchev–Trinajstić information content (AvgIpc) is 2.95. The predicted octanol–water partition coefficient (Wildman–Crippen LogP) is 2.35. The lowest BCUT2D eigenvalue weighted by Gasteiger charge is -2.35. The fraction of sp³-hybridized carbons (Fsp3) is 0.444. The molecule has 1 aliphatic heterocycles. The Morgan fingerprint density at radius 1 is 1.25 bits per heavy atom. The van der Waals surface area contributed by atoms with Crippen LogP contribution in [0.25, 0.3) is 11.3 Å². The second-order valence-electron chi connectivity index (χ2n) is 6.24. The molecule has 6 heteroatoms. The van der Waals surface area contributed by atoms with Crippen molar-refractivity contribution in [2.24, 2.45) is 7.05 Å². The lowest BCUT2D eigenvalue weighted by Crippen LogP contribution is -2.48. The molecule has 0 radical (unpaired) electrons. The summed E-state index contributed by atoms with van der Waals surface area (Å²) in [6, 6.07) is 9.50. The van der Waals surface area contributed by atoms with E-state index in [0.29, 0.717) is 18.8 Å². The molecule has 24 heavy (non-hydrogen) atoms. The smallest absolute Gasteiger partial charge is 0.272 e. The van der Waals surface area contributed by atoms with Gasteiger partial charge in [-0.15, -0.1) is 0 Å². The third-order valence-corrected chi connectivity index (χ3v) is 4.17. The minimum Gasteiger partial charge on any atom is -0.497 e. The van der Waals surface area contributed by atoms with Crippen molar-refractivity contribution in [3.8, 4) is 17.0 Å². The molecule has 1 aliphatic rings. The second-order valence-corrected chi connectivity index (χ2v) is 6.24. The molecular weight excluding hydrogens is 306 g/mol. The zero-order valence-corrected chi connectivity index (χ0v) is 14.5. The summed E-state index contributed by atoms with van der Waals surface area (Å²) in [6.45, 7) is 5.17. The van der Waals surface area contributed by atoms with Crippen LogP contribution in [0.5, 0.6) is 5.75 Å². The maximum absolute atomic E-state index is 12.9. The number of methoxy groups -OCH3 is 1. The molecule has 1 fully saturated rings. The number of rotatable bonds is 3. The van der Waals surface area contributed by atoms with Crippen LogP contribution in [0.2, 0.25) is 0 Å². The highest BCUT2D eigenvalue weighted by Crippen LogP contribution is 2.24. The summed E-state index contributed by atoms with van der Waals surface area (Å²) >= 11 is 0. The van der Waals surface area contributed by atoms with E-state index in [2.05, 4.69) is 5.10 Å². The van der Waals surface area contributed by atoms with Gasteiger partial charge in [-0.3, -0.25) is 9.48 Å². The topological polar surface area (TPSA) is 56.6 Å². The number of aryl methyl sites for hydroxylation is 1. The van der Waals surface area contributed by atoms with E-state index in [-0.39, 0.29) is 18.1 Å². The molecule has 0 aliphatic carbocycles. The molecule has 2 aromatic rings. The summed E-state index contributed by atoms with van der Waals surface area (Å²) < 4.78 is 12.6. The standard InChI is InChI=1S/C18H23N3O3/c1-12-10-21(11-13(2)24-12)18(22)17-9-16(19-20(17)3)14-6-5-7-15(8-14)23-4/h5-9,12-13H,10-11H2,1-4H3. The minimum absolute atomic E-state index is 0.0128. The van der Waals surface area contributed by atoms with E-state index >= 15 is 0 Å². The van der Waals surface area contributed by atoms with Crippen molar-refractivity contribution in [3.05, 3.63) is 36.0 Å². The monoisotopic (exact) mass is 329 g/mol. The fourth-order valence-electron chi connectivity index (χ4n) is 3.10. The van der Waals surface area contributed by atoms with E-state index in [1.54, 1.807) is 18.8 Å². The highest BCUT2D eigenvalue weighted by Gasteiger charge is 2.28. The first-order valence-corrected chi connectivity index (χ1v) is 8.11. The molecule has 0 N–H and O–H groups in total. The molecule has 6 nitrogen and oxygen atoms in total. The Morgan fingerprint density at radius 3 is 2.62 bits per heavy atom. The number of aromatic nitrogens is 2. The Morgan fingerprint density at radius 2 is 1.96 bits per heavy atom. The summed E-state index contributed by atoms with van der Waals surface area (Å²) in [5, 5.41) is 4.49. The zero-order chi connectivity index (χ0) is 17.3. The van der Waals surface area contributed by atoms with Gasteiger partial charge in [0.15, 0.2) is 0 Å². The molecule has 2 unspecified atom stereocenters. The van der Waals surface area contributed by atoms with E-state index in [9.17, 15) is 4.79 Å². The first-order chi connectivity index (χ1) is 11.5. The van der Waals surface area contributed by atoms with Crippen LogP contribution in [0, 0.1) is 0 Å². The van der Waals surface area contributed by atoms with E-state index < -0.39 is 0 Å². The summed E-state index contributed by atoms with van der Waals surface area (Å²) in [5.74, 6) is 0.753. The molecule has 1 amide bonds. The van der Waals surface area contributed by atoms with E-state index in [1.165, 1.54) is 0 Å². The van der Waals surface area contributed by atoms with Gasteiger partial charge in [-0.2, -0.15) is 5.10 Å². The SMILES string of the molecule is COc1cccc(-c2cc(C(=O)N3CC(C)OC(C)C3)n(C)n2)c1. The van der Waals surface area contributed by atoms with Gasteiger partial charge in [0.1, 0.15) is 11.4 Å². The number of morpholine rings is 1. The van der Waals surface area contributed by atoms with Gasteiger partial charge in [-0.05, 0) is 32.0 Å². The highest BCUT2D eigenvalue weighted by molar-refractivity contribution is 5.93. The molecule has 2 atom stereocenters. The summed E-state index contributed by atoms with van der Waals surface area (Å²) in [7, 11) is 3.43. The molecule has 1 saturated heterocycles. The van der Waals surface area contributed by atoms with Gasteiger partial charge in [0.05, 0.1) is 25.0 Å². The third-order valence-electron chi connectivity index (χ3n) is 4.17. The number of ether oxygens (including phenoxy) is 2. The summed E-state index contributed by atoms with van der Waals surface area (Å²) in [6.07, 6.45) is 0.0903. The number of hydrogen-bond donors (Lipinski definition) is 0. The van der Waals surface area contributed by atoms with Crippen molar-refractivity contribution >= 4 is 5.91 Å². The number of nitrogens with zero attached hydrogens (tertiary/aromatic N) is 3. The maximum atomic E-state index is 12.9. The second kappa shape index (κ2) is 6.65. The molecule has 3 rings (SSSR count). The lowest BCUT2D eigenvalue weighted by atomic mass is 10.1. The quantitative estimate of drug-likeness (QED) is 0.867. The summed E-state index contributed by atoms with van der Waals surface area (Å²) in [4.78, 5) is 14.7. The lowest BCUT2D eigenvalue weighted by molar-refractivity contribution is -0.0588. The van der Waals surface area contributed by atoms with Crippen molar-refractivity contribution in [2.45, 2.75) is 26.1 Å². The fourth-order valence-corrected chi connectivity index (χ4v) is 3.10. The van der Waals surface area contributed by atoms with Crippen LogP contribution >= 0.6 is 0 Å². The average molecular weight is 329 g/mol. The van der Waals surface area contributed by atoms with Crippen molar-refractivity contribution in [1.29, 1.82) is 0 Å². The van der Waals surface area contributed by atoms with Gasteiger partial charge < -0.3 is 14.4 Å². The Labute approximate surface area is 142 Å². The van der Waals surface area contributed by atoms with Gasteiger partial charge in [-0.25, -0.2) is 0 Å². The van der Waals surface area contributed by atoms with E-state index in [1.807, 2.05) is 49.1 Å². The largest absolute Gasteiger partial charge is 0.497 e. The Hall–Kier alpha value is -2.34. The predicted molar refractivity (Wildman–Crippen MR) is 91.1 cm³/mol. The van der Waals surface area contributed by atoms with Gasteiger partial charge >= 0.3 is 0 Å². The van der Waals surface area contributed by atoms with Crippen LogP contribution in [-0.4, -0.2) is 53.0 Å². The van der Waals surface area contributed by atoms with Gasteiger partial charge in [-0.1, -0.05) is 12.1 Å². The maximum Gasteiger partial charge on any atom is 0.272 e. The van der Waals surface area contributed by atoms with Gasteiger partial charge in [0.25, 0.3) is 5.91 Å². The number of carbonyl (C=O) groups excluding carboxylic acids is 1. The molecule has 1 aromatic heterocycles. The first kappa shape index (κ1) is 16.5. The van der Waals surface area contributed by atoms with Crippen LogP contribution in [0.3, 0.4) is 0 Å². The normalized spacial score (nSPS) is 20.9. The van der Waals surface area contributed by atoms with Crippen molar-refractivity contribution in [1.82, 2.24) is 14.7 Å². The van der Waals surface area contributed by atoms with Gasteiger partial charge in [0.2, 0.25) is 0 Å². The van der Waals surface area contributed by atoms with Gasteiger partial charge in [0, 0.05) is 25.7 Å². The third kappa shape index (κ3) is 3.28. The first-order valence-electron chi connectivity index (χ1n) is 8.11. The van der Waals surface area contributed by atoms with E-state index in [0.717, 1.165) is 17.0 Å². The molecule has 1 aromatic carbocycles. The van der Waals surface area contributed by atoms with Crippen LogP contribution in [0.15, 0.2) is 30.3 Å². The minimum atomic E-state index is -0.0128. The molecular formula is C18H23N3O3. The Bertz CT molecular complexity index is 731. The van der Waals surface area contributed by atoms with Crippen LogP contribution in [-0.2, 0) is 11.8 Å². The molecule has 2 heterocycles. The van der Waals surface area contributed by atoms with Crippen LogP contribution in [0.1, 0.15) is 24.3 Å². The molecule has 0 saturated carbocycles. The Balaban J connectivity index is 1.87. The number of carbonyl (C=O) groups is 1. The van der Waals surface area contributed by atoms with Crippen molar-refractivity contribution in [3.63, 3.8) is 0 Å². The molecule has 0 bridgehead atoms. The van der Waals surface area contributed by atoms with E-state index in [4.69, 9.17) is 9.47 Å². The van der Waals surface area contributed by atoms with Crippen molar-refractivity contribution < 1.29 is 14.3 Å². The number of hydrogen-bond acceptors (Lipinski definition) is 4. The molecule has 0 spiro atoms. The summed E-state index contributed by atoms with van der Waals surface area (Å²) in [5.41, 5.74) is 2.26. The highest BCUT2D eigenvalue weighted by atomic mass is 16.5. The van der Waals surface area contributed by atoms with Crippen LogP contribution < -0.4 is 4.74 Å². The number of amides is 1. The van der Waals surface area contributed by atoms with Crippen molar-refractivity contribution in [2.75, 3.05) is 20.2 Å². The Kier molecular flexibility index (Phi) is 4.57.